The Hall–Kier alpha value is -2.79. The van der Waals surface area contributed by atoms with Gasteiger partial charge in [-0.25, -0.2) is 4.98 Å². The summed E-state index contributed by atoms with van der Waals surface area (Å²) in [5.41, 5.74) is 0.827. The number of nitrogens with one attached hydrogen (secondary N) is 1. The number of esters is 1. The van der Waals surface area contributed by atoms with Gasteiger partial charge >= 0.3 is 5.97 Å². The first-order chi connectivity index (χ1) is 13.1. The van der Waals surface area contributed by atoms with Crippen LogP contribution in [0.15, 0.2) is 39.6 Å². The van der Waals surface area contributed by atoms with Crippen molar-refractivity contribution < 1.29 is 14.3 Å². The highest BCUT2D eigenvalue weighted by atomic mass is 32.2. The van der Waals surface area contributed by atoms with Crippen LogP contribution in [-0.4, -0.2) is 44.0 Å². The minimum Gasteiger partial charge on any atom is -0.465 e. The third-order valence-electron chi connectivity index (χ3n) is 3.33. The topological polar surface area (TPSA) is 116 Å². The molecule has 0 bridgehead atoms. The lowest BCUT2D eigenvalue weighted by molar-refractivity contribution is -0.139. The molecule has 27 heavy (non-hydrogen) atoms. The van der Waals surface area contributed by atoms with E-state index in [0.29, 0.717) is 22.0 Å². The van der Waals surface area contributed by atoms with Crippen LogP contribution in [0, 0.1) is 0 Å². The number of hydrogen-bond acceptors (Lipinski definition) is 9. The molecule has 1 aromatic carbocycles. The maximum absolute atomic E-state index is 12.3. The number of thioether (sulfide) groups is 1. The van der Waals surface area contributed by atoms with Crippen LogP contribution in [0.1, 0.15) is 6.92 Å². The molecule has 0 saturated heterocycles. The lowest BCUT2D eigenvalue weighted by Gasteiger charge is -2.08. The first kappa shape index (κ1) is 19.0. The standard InChI is InChI=1S/C16H15N5O4S2/c1-2-25-14(24)9-26-16-20-19-15(27-16)18-12(22)8-21-11-6-4-3-5-10(11)17-7-13(21)23/h3-7H,2,8-9H2,1H3,(H,18,19,22). The van der Waals surface area contributed by atoms with E-state index in [0.717, 1.165) is 11.3 Å². The monoisotopic (exact) mass is 405 g/mol. The summed E-state index contributed by atoms with van der Waals surface area (Å²) in [6.45, 7) is 1.88. The fraction of sp³-hybridized carbons (Fsp3) is 0.250. The van der Waals surface area contributed by atoms with Crippen molar-refractivity contribution in [1.82, 2.24) is 19.7 Å². The Morgan fingerprint density at radius 1 is 1.30 bits per heavy atom. The maximum Gasteiger partial charge on any atom is 0.316 e. The summed E-state index contributed by atoms with van der Waals surface area (Å²) in [5, 5.41) is 10.7. The number of para-hydroxylation sites is 2. The van der Waals surface area contributed by atoms with Gasteiger partial charge in [0.05, 0.1) is 29.6 Å². The van der Waals surface area contributed by atoms with Crippen LogP contribution in [0.4, 0.5) is 5.13 Å². The van der Waals surface area contributed by atoms with Crippen molar-refractivity contribution in [2.75, 3.05) is 17.7 Å². The van der Waals surface area contributed by atoms with E-state index >= 15 is 0 Å². The summed E-state index contributed by atoms with van der Waals surface area (Å²) in [4.78, 5) is 39.8. The van der Waals surface area contributed by atoms with Crippen molar-refractivity contribution in [3.05, 3.63) is 40.8 Å². The number of carbonyl (C=O) groups is 2. The first-order valence-corrected chi connectivity index (χ1v) is 9.73. The fourth-order valence-electron chi connectivity index (χ4n) is 2.22. The minimum absolute atomic E-state index is 0.120. The van der Waals surface area contributed by atoms with Gasteiger partial charge in [0, 0.05) is 0 Å². The van der Waals surface area contributed by atoms with Gasteiger partial charge in [-0.3, -0.25) is 24.3 Å². The average molecular weight is 405 g/mol. The van der Waals surface area contributed by atoms with Crippen LogP contribution in [0.5, 0.6) is 0 Å². The van der Waals surface area contributed by atoms with Gasteiger partial charge in [0.25, 0.3) is 5.56 Å². The molecule has 1 amide bonds. The van der Waals surface area contributed by atoms with Gasteiger partial charge in [-0.2, -0.15) is 0 Å². The lowest BCUT2D eigenvalue weighted by atomic mass is 10.3. The van der Waals surface area contributed by atoms with Crippen molar-refractivity contribution in [2.24, 2.45) is 0 Å². The molecular formula is C16H15N5O4S2. The second kappa shape index (κ2) is 8.73. The van der Waals surface area contributed by atoms with Crippen molar-refractivity contribution in [1.29, 1.82) is 0 Å². The molecule has 0 unspecified atom stereocenters. The number of anilines is 1. The van der Waals surface area contributed by atoms with Gasteiger partial charge in [-0.05, 0) is 19.1 Å². The third kappa shape index (κ3) is 4.89. The molecule has 1 N–H and O–H groups in total. The highest BCUT2D eigenvalue weighted by Gasteiger charge is 2.13. The number of fused-ring (bicyclic) bond motifs is 1. The molecule has 0 radical (unpaired) electrons. The molecule has 0 aliphatic heterocycles. The second-order valence-electron chi connectivity index (χ2n) is 5.19. The Kier molecular flexibility index (Phi) is 6.14. The summed E-state index contributed by atoms with van der Waals surface area (Å²) in [5.74, 6) is -0.631. The molecular weight excluding hydrogens is 390 g/mol. The predicted octanol–water partition coefficient (Wildman–Crippen LogP) is 1.54. The number of carbonyl (C=O) groups excluding carboxylic acids is 2. The van der Waals surface area contributed by atoms with Gasteiger partial charge in [-0.15, -0.1) is 10.2 Å². The Labute approximate surface area is 161 Å². The molecule has 2 aromatic heterocycles. The van der Waals surface area contributed by atoms with Crippen LogP contribution in [0.25, 0.3) is 11.0 Å². The molecule has 0 aliphatic carbocycles. The Bertz CT molecular complexity index is 1030. The van der Waals surface area contributed by atoms with E-state index < -0.39 is 5.91 Å². The highest BCUT2D eigenvalue weighted by molar-refractivity contribution is 8.01. The Morgan fingerprint density at radius 3 is 2.93 bits per heavy atom. The van der Waals surface area contributed by atoms with Crippen LogP contribution >= 0.6 is 23.1 Å². The molecule has 2 heterocycles. The number of rotatable bonds is 7. The first-order valence-electron chi connectivity index (χ1n) is 7.93. The van der Waals surface area contributed by atoms with Crippen LogP contribution < -0.4 is 10.9 Å². The Morgan fingerprint density at radius 2 is 2.11 bits per heavy atom. The maximum atomic E-state index is 12.3. The smallest absolute Gasteiger partial charge is 0.316 e. The molecule has 0 saturated carbocycles. The van der Waals surface area contributed by atoms with E-state index in [1.165, 1.54) is 22.5 Å². The Balaban J connectivity index is 1.65. The lowest BCUT2D eigenvalue weighted by Crippen LogP contribution is -2.27. The summed E-state index contributed by atoms with van der Waals surface area (Å²) < 4.78 is 6.71. The van der Waals surface area contributed by atoms with Crippen LogP contribution in [-0.2, 0) is 20.9 Å². The predicted molar refractivity (Wildman–Crippen MR) is 102 cm³/mol. The molecule has 0 aliphatic rings. The van der Waals surface area contributed by atoms with E-state index in [1.54, 1.807) is 31.2 Å². The SMILES string of the molecule is CCOC(=O)CSc1nnc(NC(=O)Cn2c(=O)cnc3ccccc32)s1. The number of nitrogens with zero attached hydrogens (tertiary/aromatic N) is 4. The summed E-state index contributed by atoms with van der Waals surface area (Å²) in [6.07, 6.45) is 1.19. The summed E-state index contributed by atoms with van der Waals surface area (Å²) in [7, 11) is 0. The second-order valence-corrected chi connectivity index (χ2v) is 7.39. The van der Waals surface area contributed by atoms with Crippen molar-refractivity contribution >= 4 is 51.1 Å². The van der Waals surface area contributed by atoms with E-state index in [-0.39, 0.29) is 29.0 Å². The number of aromatic nitrogens is 4. The number of benzene rings is 1. The van der Waals surface area contributed by atoms with Crippen LogP contribution in [0.2, 0.25) is 0 Å². The van der Waals surface area contributed by atoms with Crippen molar-refractivity contribution in [3.63, 3.8) is 0 Å². The normalized spacial score (nSPS) is 10.7. The zero-order valence-electron chi connectivity index (χ0n) is 14.2. The molecule has 0 spiro atoms. The van der Waals surface area contributed by atoms with E-state index in [9.17, 15) is 14.4 Å². The quantitative estimate of drug-likeness (QED) is 0.357. The van der Waals surface area contributed by atoms with Crippen molar-refractivity contribution in [3.8, 4) is 0 Å². The number of hydrogen-bond donors (Lipinski definition) is 1. The highest BCUT2D eigenvalue weighted by Crippen LogP contribution is 2.25. The minimum atomic E-state index is -0.411. The molecule has 11 heteroatoms. The molecule has 9 nitrogen and oxygen atoms in total. The van der Waals surface area contributed by atoms with Gasteiger partial charge < -0.3 is 4.74 Å². The summed E-state index contributed by atoms with van der Waals surface area (Å²) >= 11 is 2.32. The molecule has 3 aromatic rings. The number of ether oxygens (including phenoxy) is 1. The van der Waals surface area contributed by atoms with E-state index in [4.69, 9.17) is 4.74 Å². The zero-order chi connectivity index (χ0) is 19.2. The fourth-order valence-corrected chi connectivity index (χ4v) is 3.79. The van der Waals surface area contributed by atoms with Crippen LogP contribution in [0.3, 0.4) is 0 Å². The van der Waals surface area contributed by atoms with E-state index in [1.807, 2.05) is 0 Å². The molecule has 140 valence electrons. The zero-order valence-corrected chi connectivity index (χ0v) is 15.9. The average Bonchev–Trinajstić information content (AvgIpc) is 3.10. The van der Waals surface area contributed by atoms with Gasteiger partial charge in [0.1, 0.15) is 6.54 Å². The molecule has 0 atom stereocenters. The van der Waals surface area contributed by atoms with Gasteiger partial charge in [0.2, 0.25) is 11.0 Å². The summed E-state index contributed by atoms with van der Waals surface area (Å²) in [6, 6.07) is 7.07. The van der Waals surface area contributed by atoms with Crippen molar-refractivity contribution in [2.45, 2.75) is 17.8 Å². The molecule has 3 rings (SSSR count). The largest absolute Gasteiger partial charge is 0.465 e. The third-order valence-corrected chi connectivity index (χ3v) is 5.27. The van der Waals surface area contributed by atoms with Gasteiger partial charge in [-0.1, -0.05) is 35.2 Å². The van der Waals surface area contributed by atoms with E-state index in [2.05, 4.69) is 20.5 Å². The number of amides is 1. The van der Waals surface area contributed by atoms with Gasteiger partial charge in [0.15, 0.2) is 4.34 Å². The molecule has 0 fully saturated rings.